The molecular formula is C31H28BrNO5. The number of ether oxygens (including phenoxy) is 3. The van der Waals surface area contributed by atoms with Gasteiger partial charge in [-0.25, -0.2) is 4.79 Å². The molecule has 0 fully saturated rings. The highest BCUT2D eigenvalue weighted by molar-refractivity contribution is 9.10. The first kappa shape index (κ1) is 25.8. The summed E-state index contributed by atoms with van der Waals surface area (Å²) < 4.78 is 18.3. The van der Waals surface area contributed by atoms with Crippen molar-refractivity contribution in [1.29, 1.82) is 0 Å². The van der Waals surface area contributed by atoms with Gasteiger partial charge in [0.1, 0.15) is 6.61 Å². The predicted octanol–water partition coefficient (Wildman–Crippen LogP) is 6.56. The quantitative estimate of drug-likeness (QED) is 0.308. The number of carbonyl (C=O) groups is 2. The van der Waals surface area contributed by atoms with E-state index >= 15 is 0 Å². The standard InChI is InChI=1S/C31H28BrNO5/c1-4-36-24-16-20(15-23(32)30(24)38-17-19-11-7-6-8-12-19)26-25(31(35)37-5-2)18(3)33-28-21-13-9-10-14-22(21)29(34)27(26)28/h6-16,26,33H,4-5,17H2,1-3H3/t26-/m1/s1. The normalized spacial score (nSPS) is 16.1. The molecule has 0 saturated carbocycles. The number of nitrogens with one attached hydrogen (secondary N) is 1. The van der Waals surface area contributed by atoms with Crippen LogP contribution in [0.2, 0.25) is 0 Å². The van der Waals surface area contributed by atoms with Crippen molar-refractivity contribution in [3.8, 4) is 11.5 Å². The van der Waals surface area contributed by atoms with Crippen molar-refractivity contribution in [3.05, 3.63) is 110 Å². The van der Waals surface area contributed by atoms with Crippen LogP contribution in [0.4, 0.5) is 0 Å². The van der Waals surface area contributed by atoms with Crippen molar-refractivity contribution < 1.29 is 23.8 Å². The molecule has 0 bridgehead atoms. The molecule has 1 atom stereocenters. The largest absolute Gasteiger partial charge is 0.490 e. The van der Waals surface area contributed by atoms with Crippen LogP contribution in [-0.2, 0) is 16.1 Å². The molecule has 1 N–H and O–H groups in total. The lowest BCUT2D eigenvalue weighted by Gasteiger charge is -2.30. The second-order valence-corrected chi connectivity index (χ2v) is 9.87. The molecule has 5 rings (SSSR count). The summed E-state index contributed by atoms with van der Waals surface area (Å²) in [4.78, 5) is 27.0. The summed E-state index contributed by atoms with van der Waals surface area (Å²) in [7, 11) is 0. The molecule has 1 aliphatic heterocycles. The zero-order valence-electron chi connectivity index (χ0n) is 21.5. The van der Waals surface area contributed by atoms with Gasteiger partial charge in [-0.1, -0.05) is 54.6 Å². The summed E-state index contributed by atoms with van der Waals surface area (Å²) in [5.74, 6) is -0.139. The van der Waals surface area contributed by atoms with Crippen molar-refractivity contribution in [2.75, 3.05) is 13.2 Å². The molecule has 0 radical (unpaired) electrons. The van der Waals surface area contributed by atoms with Crippen LogP contribution >= 0.6 is 15.9 Å². The Kier molecular flexibility index (Phi) is 7.38. The lowest BCUT2D eigenvalue weighted by Crippen LogP contribution is -2.29. The molecule has 7 heteroatoms. The smallest absolute Gasteiger partial charge is 0.336 e. The fourth-order valence-corrected chi connectivity index (χ4v) is 5.60. The molecule has 2 aliphatic rings. The lowest BCUT2D eigenvalue weighted by molar-refractivity contribution is -0.138. The van der Waals surface area contributed by atoms with E-state index in [1.807, 2.05) is 80.6 Å². The van der Waals surface area contributed by atoms with E-state index in [9.17, 15) is 9.59 Å². The number of carbonyl (C=O) groups excluding carboxylic acids is 2. The average Bonchev–Trinajstić information content (AvgIpc) is 3.19. The SMILES string of the molecule is CCOC(=O)C1=C(C)NC2=C(C(=O)c3ccccc32)[C@@H]1c1cc(Br)c(OCc2ccccc2)c(OCC)c1. The number of allylic oxidation sites excluding steroid dienone is 2. The van der Waals surface area contributed by atoms with E-state index in [-0.39, 0.29) is 12.4 Å². The zero-order chi connectivity index (χ0) is 26.8. The van der Waals surface area contributed by atoms with E-state index < -0.39 is 11.9 Å². The minimum atomic E-state index is -0.649. The Labute approximate surface area is 230 Å². The average molecular weight is 574 g/mol. The molecule has 0 amide bonds. The number of dihydropyridines is 1. The van der Waals surface area contributed by atoms with Gasteiger partial charge >= 0.3 is 5.97 Å². The minimum Gasteiger partial charge on any atom is -0.490 e. The van der Waals surface area contributed by atoms with Gasteiger partial charge < -0.3 is 19.5 Å². The topological polar surface area (TPSA) is 73.9 Å². The minimum absolute atomic E-state index is 0.110. The third-order valence-corrected chi connectivity index (χ3v) is 7.22. The number of esters is 1. The summed E-state index contributed by atoms with van der Waals surface area (Å²) in [6, 6.07) is 21.1. The summed E-state index contributed by atoms with van der Waals surface area (Å²) in [6.07, 6.45) is 0. The van der Waals surface area contributed by atoms with Gasteiger partial charge in [-0.05, 0) is 60.0 Å². The second kappa shape index (κ2) is 10.9. The van der Waals surface area contributed by atoms with Crippen LogP contribution in [0, 0.1) is 0 Å². The first-order valence-electron chi connectivity index (χ1n) is 12.6. The maximum atomic E-state index is 13.7. The summed E-state index contributed by atoms with van der Waals surface area (Å²) in [5, 5.41) is 3.33. The van der Waals surface area contributed by atoms with Gasteiger partial charge in [-0.2, -0.15) is 0 Å². The Morgan fingerprint density at radius 1 is 0.947 bits per heavy atom. The van der Waals surface area contributed by atoms with Crippen LogP contribution in [0.15, 0.2) is 88.0 Å². The van der Waals surface area contributed by atoms with Crippen molar-refractivity contribution in [2.24, 2.45) is 0 Å². The Hall–Kier alpha value is -3.84. The zero-order valence-corrected chi connectivity index (χ0v) is 23.1. The van der Waals surface area contributed by atoms with E-state index in [0.717, 1.165) is 22.4 Å². The van der Waals surface area contributed by atoms with Gasteiger partial charge in [-0.15, -0.1) is 0 Å². The maximum absolute atomic E-state index is 13.7. The number of Topliss-reactive ketones (excluding diaryl/α,β-unsaturated/α-hetero) is 1. The number of hydrogen-bond donors (Lipinski definition) is 1. The molecule has 6 nitrogen and oxygen atoms in total. The first-order chi connectivity index (χ1) is 18.4. The van der Waals surface area contributed by atoms with Crippen LogP contribution in [-0.4, -0.2) is 25.0 Å². The predicted molar refractivity (Wildman–Crippen MR) is 149 cm³/mol. The molecule has 0 spiro atoms. The van der Waals surface area contributed by atoms with E-state index in [1.165, 1.54) is 0 Å². The van der Waals surface area contributed by atoms with Gasteiger partial charge in [0.2, 0.25) is 0 Å². The van der Waals surface area contributed by atoms with Crippen molar-refractivity contribution >= 4 is 33.4 Å². The van der Waals surface area contributed by atoms with Crippen LogP contribution in [0.3, 0.4) is 0 Å². The van der Waals surface area contributed by atoms with E-state index in [2.05, 4.69) is 21.2 Å². The Morgan fingerprint density at radius 3 is 2.37 bits per heavy atom. The number of benzene rings is 3. The molecular weight excluding hydrogens is 546 g/mol. The van der Waals surface area contributed by atoms with Crippen molar-refractivity contribution in [2.45, 2.75) is 33.3 Å². The molecule has 3 aromatic rings. The highest BCUT2D eigenvalue weighted by Crippen LogP contribution is 2.49. The molecule has 1 aliphatic carbocycles. The molecule has 0 aromatic heterocycles. The first-order valence-corrected chi connectivity index (χ1v) is 13.4. The molecule has 0 unspecified atom stereocenters. The molecule has 194 valence electrons. The third kappa shape index (κ3) is 4.63. The van der Waals surface area contributed by atoms with Crippen LogP contribution < -0.4 is 14.8 Å². The van der Waals surface area contributed by atoms with Gasteiger partial charge in [-0.3, -0.25) is 4.79 Å². The number of rotatable bonds is 8. The van der Waals surface area contributed by atoms with Crippen LogP contribution in [0.1, 0.15) is 53.7 Å². The monoisotopic (exact) mass is 573 g/mol. The van der Waals surface area contributed by atoms with Gasteiger partial charge in [0.25, 0.3) is 0 Å². The number of hydrogen-bond acceptors (Lipinski definition) is 6. The summed E-state index contributed by atoms with van der Waals surface area (Å²) in [6.45, 7) is 6.51. The Morgan fingerprint density at radius 2 is 1.66 bits per heavy atom. The van der Waals surface area contributed by atoms with E-state index in [0.29, 0.717) is 51.6 Å². The van der Waals surface area contributed by atoms with Crippen LogP contribution in [0.25, 0.3) is 5.70 Å². The van der Waals surface area contributed by atoms with Crippen molar-refractivity contribution in [3.63, 3.8) is 0 Å². The summed E-state index contributed by atoms with van der Waals surface area (Å²) in [5.41, 5.74) is 5.48. The highest BCUT2D eigenvalue weighted by atomic mass is 79.9. The molecule has 3 aromatic carbocycles. The third-order valence-electron chi connectivity index (χ3n) is 6.64. The maximum Gasteiger partial charge on any atom is 0.336 e. The fourth-order valence-electron chi connectivity index (χ4n) is 5.03. The van der Waals surface area contributed by atoms with Gasteiger partial charge in [0, 0.05) is 28.3 Å². The van der Waals surface area contributed by atoms with Crippen LogP contribution in [0.5, 0.6) is 11.5 Å². The van der Waals surface area contributed by atoms with Gasteiger partial charge in [0.15, 0.2) is 17.3 Å². The number of fused-ring (bicyclic) bond motifs is 2. The molecule has 1 heterocycles. The second-order valence-electron chi connectivity index (χ2n) is 9.02. The van der Waals surface area contributed by atoms with Gasteiger partial charge in [0.05, 0.1) is 29.0 Å². The fraction of sp³-hybridized carbons (Fsp3) is 0.226. The number of ketones is 1. The van der Waals surface area contributed by atoms with E-state index in [1.54, 1.807) is 6.92 Å². The molecule has 0 saturated heterocycles. The van der Waals surface area contributed by atoms with Crippen molar-refractivity contribution in [1.82, 2.24) is 5.32 Å². The lowest BCUT2D eigenvalue weighted by atomic mass is 9.79. The molecule has 38 heavy (non-hydrogen) atoms. The Bertz CT molecular complexity index is 1470. The number of halogens is 1. The van der Waals surface area contributed by atoms with E-state index in [4.69, 9.17) is 14.2 Å². The summed E-state index contributed by atoms with van der Waals surface area (Å²) >= 11 is 3.67. The Balaban J connectivity index is 1.63. The highest BCUT2D eigenvalue weighted by Gasteiger charge is 2.43.